The van der Waals surface area contributed by atoms with Gasteiger partial charge in [0.2, 0.25) is 0 Å². The zero-order valence-corrected chi connectivity index (χ0v) is 8.48. The molecule has 1 aromatic rings. The van der Waals surface area contributed by atoms with E-state index in [9.17, 15) is 4.39 Å². The maximum atomic E-state index is 13.4. The van der Waals surface area contributed by atoms with Crippen LogP contribution < -0.4 is 0 Å². The Morgan fingerprint density at radius 3 is 2.15 bits per heavy atom. The van der Waals surface area contributed by atoms with Gasteiger partial charge in [-0.1, -0.05) is 20.8 Å². The quantitative estimate of drug-likeness (QED) is 0.653. The van der Waals surface area contributed by atoms with Gasteiger partial charge < -0.3 is 5.11 Å². The molecule has 0 aromatic heterocycles. The van der Waals surface area contributed by atoms with Crippen molar-refractivity contribution in [3.63, 3.8) is 0 Å². The van der Waals surface area contributed by atoms with Crippen molar-refractivity contribution in [2.24, 2.45) is 0 Å². The topological polar surface area (TPSA) is 20.2 Å². The predicted octanol–water partition coefficient (Wildman–Crippen LogP) is 3.14. The second-order valence-corrected chi connectivity index (χ2v) is 4.37. The largest absolute Gasteiger partial charge is 0.508 e. The fourth-order valence-electron chi connectivity index (χ4n) is 1.68. The maximum Gasteiger partial charge on any atom is 0.130 e. The average Bonchev–Trinajstić information content (AvgIpc) is 1.78. The highest BCUT2D eigenvalue weighted by molar-refractivity contribution is 5.39. The number of benzene rings is 1. The summed E-state index contributed by atoms with van der Waals surface area (Å²) in [5.41, 5.74) is 1.25. The Morgan fingerprint density at radius 2 is 1.77 bits per heavy atom. The number of phenolic OH excluding ortho intramolecular Hbond substituents is 1. The van der Waals surface area contributed by atoms with Crippen LogP contribution in [0.15, 0.2) is 12.1 Å². The monoisotopic (exact) mass is 182 g/mol. The van der Waals surface area contributed by atoms with Crippen LogP contribution in [0.3, 0.4) is 0 Å². The molecular formula is C11H15FO. The van der Waals surface area contributed by atoms with Crippen molar-refractivity contribution >= 4 is 0 Å². The van der Waals surface area contributed by atoms with Gasteiger partial charge in [-0.05, 0) is 29.5 Å². The summed E-state index contributed by atoms with van der Waals surface area (Å²) in [4.78, 5) is 0. The molecule has 0 aliphatic carbocycles. The van der Waals surface area contributed by atoms with Gasteiger partial charge in [-0.2, -0.15) is 0 Å². The molecule has 0 spiro atoms. The Hall–Kier alpha value is -1.05. The molecule has 72 valence electrons. The second-order valence-electron chi connectivity index (χ2n) is 4.37. The summed E-state index contributed by atoms with van der Waals surface area (Å²) in [6, 6.07) is 2.75. The molecule has 0 saturated carbocycles. The lowest BCUT2D eigenvalue weighted by Gasteiger charge is -2.22. The normalized spacial score (nSPS) is 11.8. The summed E-state index contributed by atoms with van der Waals surface area (Å²) in [5, 5.41) is 9.14. The van der Waals surface area contributed by atoms with Gasteiger partial charge in [0.25, 0.3) is 0 Å². The highest BCUT2D eigenvalue weighted by Crippen LogP contribution is 2.30. The second kappa shape index (κ2) is 3.02. The first-order valence-electron chi connectivity index (χ1n) is 4.32. The third-order valence-corrected chi connectivity index (χ3v) is 2.02. The molecule has 1 rings (SSSR count). The van der Waals surface area contributed by atoms with Crippen molar-refractivity contribution < 1.29 is 9.50 Å². The van der Waals surface area contributed by atoms with Gasteiger partial charge in [0.1, 0.15) is 11.6 Å². The zero-order valence-electron chi connectivity index (χ0n) is 8.48. The van der Waals surface area contributed by atoms with E-state index in [4.69, 9.17) is 5.11 Å². The van der Waals surface area contributed by atoms with Crippen LogP contribution in [0, 0.1) is 12.7 Å². The van der Waals surface area contributed by atoms with E-state index in [0.717, 1.165) is 11.6 Å². The fraction of sp³-hybridized carbons (Fsp3) is 0.455. The smallest absolute Gasteiger partial charge is 0.130 e. The molecule has 0 amide bonds. The lowest BCUT2D eigenvalue weighted by molar-refractivity contribution is 0.460. The molecule has 0 heterocycles. The Morgan fingerprint density at radius 1 is 1.23 bits per heavy atom. The van der Waals surface area contributed by atoms with Gasteiger partial charge in [0, 0.05) is 6.07 Å². The van der Waals surface area contributed by atoms with Crippen LogP contribution in [0.2, 0.25) is 0 Å². The van der Waals surface area contributed by atoms with Crippen molar-refractivity contribution in [3.05, 3.63) is 29.1 Å². The minimum atomic E-state index is -0.329. The molecule has 1 N–H and O–H groups in total. The minimum absolute atomic E-state index is 0.0111. The Balaban J connectivity index is 3.38. The van der Waals surface area contributed by atoms with Crippen LogP contribution in [-0.2, 0) is 5.41 Å². The van der Waals surface area contributed by atoms with Crippen molar-refractivity contribution in [1.29, 1.82) is 0 Å². The zero-order chi connectivity index (χ0) is 10.2. The van der Waals surface area contributed by atoms with Crippen molar-refractivity contribution in [2.45, 2.75) is 33.1 Å². The number of aromatic hydroxyl groups is 1. The van der Waals surface area contributed by atoms with E-state index in [1.165, 1.54) is 0 Å². The SMILES string of the molecule is Cc1cc(O)cc(F)c1C(C)(C)C. The van der Waals surface area contributed by atoms with E-state index < -0.39 is 0 Å². The molecule has 0 aliphatic rings. The van der Waals surface area contributed by atoms with Crippen LogP contribution in [-0.4, -0.2) is 5.11 Å². The van der Waals surface area contributed by atoms with Crippen molar-refractivity contribution in [3.8, 4) is 5.75 Å². The van der Waals surface area contributed by atoms with E-state index in [1.807, 2.05) is 27.7 Å². The number of hydrogen-bond acceptors (Lipinski definition) is 1. The van der Waals surface area contributed by atoms with E-state index in [-0.39, 0.29) is 17.0 Å². The summed E-state index contributed by atoms with van der Waals surface area (Å²) in [7, 11) is 0. The number of halogens is 1. The highest BCUT2D eigenvalue weighted by Gasteiger charge is 2.21. The molecule has 1 aromatic carbocycles. The van der Waals surface area contributed by atoms with Crippen LogP contribution in [0.1, 0.15) is 31.9 Å². The Bertz CT molecular complexity index is 300. The molecule has 0 saturated heterocycles. The van der Waals surface area contributed by atoms with E-state index in [2.05, 4.69) is 0 Å². The lowest BCUT2D eigenvalue weighted by atomic mass is 9.83. The number of phenols is 1. The number of hydrogen-bond donors (Lipinski definition) is 1. The molecule has 0 unspecified atom stereocenters. The fourth-order valence-corrected chi connectivity index (χ4v) is 1.68. The molecule has 0 bridgehead atoms. The molecule has 13 heavy (non-hydrogen) atoms. The third-order valence-electron chi connectivity index (χ3n) is 2.02. The van der Waals surface area contributed by atoms with Gasteiger partial charge in [0.05, 0.1) is 0 Å². The summed E-state index contributed by atoms with van der Waals surface area (Å²) < 4.78 is 13.4. The molecule has 0 atom stereocenters. The summed E-state index contributed by atoms with van der Waals surface area (Å²) in [6.45, 7) is 7.67. The first-order valence-corrected chi connectivity index (χ1v) is 4.32. The van der Waals surface area contributed by atoms with Crippen LogP contribution in [0.5, 0.6) is 5.75 Å². The van der Waals surface area contributed by atoms with Crippen molar-refractivity contribution in [1.82, 2.24) is 0 Å². The maximum absolute atomic E-state index is 13.4. The van der Waals surface area contributed by atoms with Crippen molar-refractivity contribution in [2.75, 3.05) is 0 Å². The van der Waals surface area contributed by atoms with Gasteiger partial charge in [-0.15, -0.1) is 0 Å². The molecule has 2 heteroatoms. The van der Waals surface area contributed by atoms with Gasteiger partial charge in [0.15, 0.2) is 0 Å². The Labute approximate surface area is 78.2 Å². The first-order chi connectivity index (χ1) is 5.82. The summed E-state index contributed by atoms with van der Waals surface area (Å²) in [6.07, 6.45) is 0. The van der Waals surface area contributed by atoms with E-state index in [0.29, 0.717) is 5.56 Å². The van der Waals surface area contributed by atoms with Crippen LogP contribution in [0.4, 0.5) is 4.39 Å². The van der Waals surface area contributed by atoms with E-state index in [1.54, 1.807) is 6.07 Å². The highest BCUT2D eigenvalue weighted by atomic mass is 19.1. The molecule has 0 aliphatic heterocycles. The van der Waals surface area contributed by atoms with Crippen LogP contribution >= 0.6 is 0 Å². The molecular weight excluding hydrogens is 167 g/mol. The van der Waals surface area contributed by atoms with Crippen LogP contribution in [0.25, 0.3) is 0 Å². The van der Waals surface area contributed by atoms with Gasteiger partial charge in [-0.3, -0.25) is 0 Å². The summed E-state index contributed by atoms with van der Waals surface area (Å²) in [5.74, 6) is -0.340. The standard InChI is InChI=1S/C11H15FO/c1-7-5-8(13)6-9(12)10(7)11(2,3)4/h5-6,13H,1-4H3. The molecule has 1 nitrogen and oxygen atoms in total. The van der Waals surface area contributed by atoms with Gasteiger partial charge >= 0.3 is 0 Å². The summed E-state index contributed by atoms with van der Waals surface area (Å²) >= 11 is 0. The minimum Gasteiger partial charge on any atom is -0.508 e. The van der Waals surface area contributed by atoms with E-state index >= 15 is 0 Å². The first kappa shape index (κ1) is 10.0. The predicted molar refractivity (Wildman–Crippen MR) is 51.5 cm³/mol. The molecule has 0 fully saturated rings. The molecule has 0 radical (unpaired) electrons. The van der Waals surface area contributed by atoms with Gasteiger partial charge in [-0.25, -0.2) is 4.39 Å². The lowest BCUT2D eigenvalue weighted by Crippen LogP contribution is -2.15. The number of aryl methyl sites for hydroxylation is 1. The average molecular weight is 182 g/mol. The third kappa shape index (κ3) is 2.00. The Kier molecular flexibility index (Phi) is 2.33. The number of rotatable bonds is 0.